The molecule has 2 fully saturated rings. The van der Waals surface area contributed by atoms with Gasteiger partial charge in [-0.2, -0.15) is 0 Å². The maximum atomic E-state index is 13.3. The van der Waals surface area contributed by atoms with Gasteiger partial charge >= 0.3 is 0 Å². The zero-order valence-electron chi connectivity index (χ0n) is 17.1. The van der Waals surface area contributed by atoms with Crippen molar-refractivity contribution in [2.45, 2.75) is 43.8 Å². The van der Waals surface area contributed by atoms with Crippen LogP contribution in [0.2, 0.25) is 0 Å². The van der Waals surface area contributed by atoms with Gasteiger partial charge in [0.15, 0.2) is 0 Å². The van der Waals surface area contributed by atoms with Crippen molar-refractivity contribution >= 4 is 11.8 Å². The molecule has 2 atom stereocenters. The van der Waals surface area contributed by atoms with Gasteiger partial charge < -0.3 is 19.7 Å². The van der Waals surface area contributed by atoms with Gasteiger partial charge in [0.1, 0.15) is 17.3 Å². The minimum absolute atomic E-state index is 0.0102. The van der Waals surface area contributed by atoms with Gasteiger partial charge in [0.25, 0.3) is 11.8 Å². The highest BCUT2D eigenvalue weighted by atomic mass is 19.1. The van der Waals surface area contributed by atoms with E-state index in [9.17, 15) is 14.0 Å². The molecule has 158 valence electrons. The van der Waals surface area contributed by atoms with Gasteiger partial charge in [-0.05, 0) is 62.1 Å². The number of benzene rings is 2. The van der Waals surface area contributed by atoms with Crippen LogP contribution in [0.5, 0.6) is 11.5 Å². The lowest BCUT2D eigenvalue weighted by Gasteiger charge is -2.39. The van der Waals surface area contributed by atoms with Gasteiger partial charge in [-0.15, -0.1) is 0 Å². The molecular weight excluding hydrogens is 387 g/mol. The predicted octanol–water partition coefficient (Wildman–Crippen LogP) is 3.41. The van der Waals surface area contributed by atoms with Crippen molar-refractivity contribution in [3.63, 3.8) is 0 Å². The summed E-state index contributed by atoms with van der Waals surface area (Å²) in [6.07, 6.45) is 3.24. The van der Waals surface area contributed by atoms with E-state index in [1.165, 1.54) is 24.3 Å². The predicted molar refractivity (Wildman–Crippen MR) is 109 cm³/mol. The van der Waals surface area contributed by atoms with E-state index in [-0.39, 0.29) is 35.8 Å². The molecule has 2 heterocycles. The Morgan fingerprint density at radius 1 is 0.933 bits per heavy atom. The fraction of sp³-hybridized carbons (Fsp3) is 0.391. The summed E-state index contributed by atoms with van der Waals surface area (Å²) < 4.78 is 23.7. The zero-order chi connectivity index (χ0) is 21.3. The normalized spacial score (nSPS) is 22.5. The number of amides is 2. The number of hydrogen-bond donors (Lipinski definition) is 1. The van der Waals surface area contributed by atoms with Crippen molar-refractivity contribution < 1.29 is 23.5 Å². The maximum absolute atomic E-state index is 13.3. The van der Waals surface area contributed by atoms with E-state index in [0.29, 0.717) is 35.5 Å². The van der Waals surface area contributed by atoms with Gasteiger partial charge in [-0.1, -0.05) is 0 Å². The molecule has 6 nitrogen and oxygen atoms in total. The third kappa shape index (κ3) is 3.97. The molecule has 2 aromatic rings. The molecule has 2 amide bonds. The average molecular weight is 412 g/mol. The summed E-state index contributed by atoms with van der Waals surface area (Å²) in [4.78, 5) is 27.7. The number of fused-ring (bicyclic) bond motifs is 2. The number of nitrogens with one attached hydrogen (secondary N) is 1. The maximum Gasteiger partial charge on any atom is 0.254 e. The number of halogens is 1. The summed E-state index contributed by atoms with van der Waals surface area (Å²) >= 11 is 0. The summed E-state index contributed by atoms with van der Waals surface area (Å²) in [6, 6.07) is 10.9. The number of methoxy groups -OCH3 is 2. The molecule has 2 saturated heterocycles. The highest BCUT2D eigenvalue weighted by molar-refractivity contribution is 5.96. The van der Waals surface area contributed by atoms with E-state index in [4.69, 9.17) is 9.47 Å². The second kappa shape index (κ2) is 8.34. The Kier molecular flexibility index (Phi) is 5.61. The molecule has 2 aliphatic heterocycles. The van der Waals surface area contributed by atoms with Crippen LogP contribution in [0.3, 0.4) is 0 Å². The quantitative estimate of drug-likeness (QED) is 0.817. The molecule has 2 unspecified atom stereocenters. The van der Waals surface area contributed by atoms with Crippen LogP contribution in [0.4, 0.5) is 4.39 Å². The number of carbonyl (C=O) groups is 2. The Morgan fingerprint density at radius 3 is 2.03 bits per heavy atom. The SMILES string of the molecule is COc1cc(OC)cc(C(=O)N2C3CCC2CC(NC(=O)c2ccc(F)cc2)C3)c1. The lowest BCUT2D eigenvalue weighted by molar-refractivity contribution is 0.0549. The fourth-order valence-corrected chi connectivity index (χ4v) is 4.58. The second-order valence-electron chi connectivity index (χ2n) is 7.85. The molecule has 7 heteroatoms. The first-order valence-electron chi connectivity index (χ1n) is 10.1. The summed E-state index contributed by atoms with van der Waals surface area (Å²) in [6.45, 7) is 0. The Bertz CT molecular complexity index is 910. The molecule has 1 N–H and O–H groups in total. The number of piperidine rings is 1. The van der Waals surface area contributed by atoms with E-state index >= 15 is 0 Å². The summed E-state index contributed by atoms with van der Waals surface area (Å²) in [5, 5.41) is 3.05. The van der Waals surface area contributed by atoms with Crippen LogP contribution < -0.4 is 14.8 Å². The van der Waals surface area contributed by atoms with Crippen LogP contribution in [-0.4, -0.2) is 49.1 Å². The molecule has 30 heavy (non-hydrogen) atoms. The first-order valence-corrected chi connectivity index (χ1v) is 10.1. The van der Waals surface area contributed by atoms with Crippen LogP contribution in [0.1, 0.15) is 46.4 Å². The minimum Gasteiger partial charge on any atom is -0.497 e. The van der Waals surface area contributed by atoms with Gasteiger partial charge in [-0.25, -0.2) is 4.39 Å². The molecule has 0 spiro atoms. The van der Waals surface area contributed by atoms with Gasteiger partial charge in [-0.3, -0.25) is 9.59 Å². The molecule has 2 aliphatic rings. The number of rotatable bonds is 5. The van der Waals surface area contributed by atoms with Crippen molar-refractivity contribution in [2.24, 2.45) is 0 Å². The van der Waals surface area contributed by atoms with Crippen LogP contribution in [0.15, 0.2) is 42.5 Å². The molecule has 0 radical (unpaired) electrons. The number of hydrogen-bond acceptors (Lipinski definition) is 4. The van der Waals surface area contributed by atoms with Gasteiger partial charge in [0.05, 0.1) is 14.2 Å². The molecule has 0 saturated carbocycles. The van der Waals surface area contributed by atoms with Crippen LogP contribution in [0.25, 0.3) is 0 Å². The van der Waals surface area contributed by atoms with Crippen LogP contribution >= 0.6 is 0 Å². The molecule has 0 aliphatic carbocycles. The third-order valence-electron chi connectivity index (χ3n) is 6.01. The molecular formula is C23H25FN2O4. The number of ether oxygens (including phenoxy) is 2. The largest absolute Gasteiger partial charge is 0.497 e. The first-order chi connectivity index (χ1) is 14.5. The molecule has 2 aromatic carbocycles. The number of carbonyl (C=O) groups excluding carboxylic acids is 2. The zero-order valence-corrected chi connectivity index (χ0v) is 17.1. The Balaban J connectivity index is 1.46. The molecule has 2 bridgehead atoms. The topological polar surface area (TPSA) is 67.9 Å². The Hall–Kier alpha value is -3.09. The Morgan fingerprint density at radius 2 is 1.50 bits per heavy atom. The van der Waals surface area contributed by atoms with Crippen LogP contribution in [0, 0.1) is 5.82 Å². The summed E-state index contributed by atoms with van der Waals surface area (Å²) in [5.74, 6) is 0.531. The monoisotopic (exact) mass is 412 g/mol. The van der Waals surface area contributed by atoms with E-state index in [0.717, 1.165) is 12.8 Å². The van der Waals surface area contributed by atoms with E-state index in [1.807, 2.05) is 4.90 Å². The van der Waals surface area contributed by atoms with Crippen molar-refractivity contribution in [3.8, 4) is 11.5 Å². The van der Waals surface area contributed by atoms with Crippen molar-refractivity contribution in [3.05, 3.63) is 59.4 Å². The average Bonchev–Trinajstić information content (AvgIpc) is 3.03. The highest BCUT2D eigenvalue weighted by Gasteiger charge is 2.44. The van der Waals surface area contributed by atoms with E-state index < -0.39 is 0 Å². The highest BCUT2D eigenvalue weighted by Crippen LogP contribution is 2.37. The van der Waals surface area contributed by atoms with E-state index in [2.05, 4.69) is 5.32 Å². The first kappa shape index (κ1) is 20.2. The Labute approximate surface area is 175 Å². The third-order valence-corrected chi connectivity index (χ3v) is 6.01. The lowest BCUT2D eigenvalue weighted by atomic mass is 9.95. The summed E-state index contributed by atoms with van der Waals surface area (Å²) in [5.41, 5.74) is 0.975. The molecule has 4 rings (SSSR count). The lowest BCUT2D eigenvalue weighted by Crippen LogP contribution is -2.52. The minimum atomic E-state index is -0.370. The smallest absolute Gasteiger partial charge is 0.254 e. The fourth-order valence-electron chi connectivity index (χ4n) is 4.58. The summed E-state index contributed by atoms with van der Waals surface area (Å²) in [7, 11) is 3.12. The van der Waals surface area contributed by atoms with Crippen LogP contribution in [-0.2, 0) is 0 Å². The molecule has 0 aromatic heterocycles. The van der Waals surface area contributed by atoms with Crippen molar-refractivity contribution in [1.29, 1.82) is 0 Å². The second-order valence-corrected chi connectivity index (χ2v) is 7.85. The van der Waals surface area contributed by atoms with E-state index in [1.54, 1.807) is 32.4 Å². The van der Waals surface area contributed by atoms with Crippen molar-refractivity contribution in [2.75, 3.05) is 14.2 Å². The standard InChI is InChI=1S/C23H25FN2O4/c1-29-20-9-15(10-21(13-20)30-2)23(28)26-18-7-8-19(26)12-17(11-18)25-22(27)14-3-5-16(24)6-4-14/h3-6,9-10,13,17-19H,7-8,11-12H2,1-2H3,(H,25,27). The number of nitrogens with zero attached hydrogens (tertiary/aromatic N) is 1. The van der Waals surface area contributed by atoms with Gasteiger partial charge in [0, 0.05) is 35.3 Å². The van der Waals surface area contributed by atoms with Crippen molar-refractivity contribution in [1.82, 2.24) is 10.2 Å². The van der Waals surface area contributed by atoms with Gasteiger partial charge in [0.2, 0.25) is 0 Å².